The molecule has 0 spiro atoms. The quantitative estimate of drug-likeness (QED) is 0.863. The van der Waals surface area contributed by atoms with Crippen LogP contribution in [-0.2, 0) is 6.54 Å². The van der Waals surface area contributed by atoms with Gasteiger partial charge in [-0.2, -0.15) is 0 Å². The van der Waals surface area contributed by atoms with Crippen LogP contribution in [0.15, 0.2) is 39.9 Å². The first-order valence-electron chi connectivity index (χ1n) is 7.28. The first-order chi connectivity index (χ1) is 10.2. The van der Waals surface area contributed by atoms with Gasteiger partial charge in [-0.1, -0.05) is 6.07 Å². The molecular formula is C16H16BrN3O. The summed E-state index contributed by atoms with van der Waals surface area (Å²) in [7, 11) is 0. The highest BCUT2D eigenvalue weighted by Crippen LogP contribution is 2.37. The second kappa shape index (κ2) is 5.07. The van der Waals surface area contributed by atoms with Gasteiger partial charge in [0.25, 0.3) is 5.56 Å². The van der Waals surface area contributed by atoms with Gasteiger partial charge < -0.3 is 9.88 Å². The minimum absolute atomic E-state index is 0.109. The van der Waals surface area contributed by atoms with Gasteiger partial charge in [-0.25, -0.2) is 0 Å². The van der Waals surface area contributed by atoms with Crippen molar-refractivity contribution in [2.45, 2.75) is 18.9 Å². The molecule has 2 bridgehead atoms. The number of rotatable bonds is 1. The molecule has 0 amide bonds. The minimum Gasteiger partial charge on any atom is -0.316 e. The standard InChI is InChI=1S/C16H16BrN3O/c17-14-5-13(11-2-1-3-18-7-11)16(21)20-9-10-4-12(15(14)20)8-19-6-10/h1-3,5,7,10,12,19H,4,6,8-9H2. The Morgan fingerprint density at radius 2 is 2.29 bits per heavy atom. The summed E-state index contributed by atoms with van der Waals surface area (Å²) in [5.41, 5.74) is 2.87. The zero-order valence-electron chi connectivity index (χ0n) is 11.6. The summed E-state index contributed by atoms with van der Waals surface area (Å²) in [5, 5.41) is 3.47. The third kappa shape index (κ3) is 2.15. The van der Waals surface area contributed by atoms with E-state index in [9.17, 15) is 4.79 Å². The molecule has 1 fully saturated rings. The summed E-state index contributed by atoms with van der Waals surface area (Å²) in [6.45, 7) is 2.78. The molecule has 4 nitrogen and oxygen atoms in total. The van der Waals surface area contributed by atoms with Crippen molar-refractivity contribution in [3.63, 3.8) is 0 Å². The zero-order chi connectivity index (χ0) is 14.4. The number of halogens is 1. The molecule has 4 heterocycles. The lowest BCUT2D eigenvalue weighted by Gasteiger charge is -2.38. The van der Waals surface area contributed by atoms with Gasteiger partial charge in [0, 0.05) is 52.7 Å². The molecule has 0 aromatic carbocycles. The van der Waals surface area contributed by atoms with Crippen molar-refractivity contribution in [2.24, 2.45) is 5.92 Å². The van der Waals surface area contributed by atoms with E-state index in [-0.39, 0.29) is 5.56 Å². The number of hydrogen-bond donors (Lipinski definition) is 1. The van der Waals surface area contributed by atoms with Gasteiger partial charge in [0.15, 0.2) is 0 Å². The number of aromatic nitrogens is 2. The lowest BCUT2D eigenvalue weighted by Crippen LogP contribution is -2.45. The van der Waals surface area contributed by atoms with E-state index < -0.39 is 0 Å². The highest BCUT2D eigenvalue weighted by atomic mass is 79.9. The number of pyridine rings is 2. The van der Waals surface area contributed by atoms with Crippen LogP contribution in [0, 0.1) is 5.92 Å². The fourth-order valence-electron chi connectivity index (χ4n) is 3.61. The van der Waals surface area contributed by atoms with E-state index in [1.807, 2.05) is 22.8 Å². The van der Waals surface area contributed by atoms with Crippen molar-refractivity contribution in [3.05, 3.63) is 51.1 Å². The summed E-state index contributed by atoms with van der Waals surface area (Å²) in [6, 6.07) is 5.76. The first-order valence-corrected chi connectivity index (χ1v) is 8.07. The highest BCUT2D eigenvalue weighted by molar-refractivity contribution is 9.10. The zero-order valence-corrected chi connectivity index (χ0v) is 13.1. The molecule has 2 unspecified atom stereocenters. The minimum atomic E-state index is 0.109. The first kappa shape index (κ1) is 13.2. The van der Waals surface area contributed by atoms with Crippen LogP contribution < -0.4 is 10.9 Å². The van der Waals surface area contributed by atoms with E-state index >= 15 is 0 Å². The predicted octanol–water partition coefficient (Wildman–Crippen LogP) is 2.38. The van der Waals surface area contributed by atoms with Crippen molar-refractivity contribution in [1.82, 2.24) is 14.9 Å². The smallest absolute Gasteiger partial charge is 0.258 e. The molecule has 2 aromatic heterocycles. The van der Waals surface area contributed by atoms with Crippen molar-refractivity contribution in [2.75, 3.05) is 13.1 Å². The van der Waals surface area contributed by atoms with Gasteiger partial charge in [0.1, 0.15) is 0 Å². The SMILES string of the molecule is O=c1c(-c2cccnc2)cc(Br)c2n1CC1CNCC2C1. The fourth-order valence-corrected chi connectivity index (χ4v) is 4.37. The Bertz CT molecular complexity index is 741. The molecule has 2 aliphatic rings. The molecule has 2 aliphatic heterocycles. The maximum Gasteiger partial charge on any atom is 0.258 e. The molecule has 1 saturated heterocycles. The molecule has 0 radical (unpaired) electrons. The monoisotopic (exact) mass is 345 g/mol. The molecule has 21 heavy (non-hydrogen) atoms. The van der Waals surface area contributed by atoms with E-state index in [1.54, 1.807) is 12.4 Å². The van der Waals surface area contributed by atoms with Crippen molar-refractivity contribution >= 4 is 15.9 Å². The van der Waals surface area contributed by atoms with Crippen LogP contribution in [0.5, 0.6) is 0 Å². The molecular weight excluding hydrogens is 330 g/mol. The lowest BCUT2D eigenvalue weighted by atomic mass is 9.84. The van der Waals surface area contributed by atoms with Gasteiger partial charge in [-0.05, 0) is 46.9 Å². The molecule has 5 heteroatoms. The second-order valence-electron chi connectivity index (χ2n) is 5.91. The van der Waals surface area contributed by atoms with E-state index in [2.05, 4.69) is 26.2 Å². The van der Waals surface area contributed by atoms with E-state index in [4.69, 9.17) is 0 Å². The van der Waals surface area contributed by atoms with Crippen LogP contribution >= 0.6 is 15.9 Å². The normalized spacial score (nSPS) is 23.7. The summed E-state index contributed by atoms with van der Waals surface area (Å²) < 4.78 is 3.01. The van der Waals surface area contributed by atoms with E-state index in [0.717, 1.165) is 40.9 Å². The van der Waals surface area contributed by atoms with Crippen LogP contribution in [-0.4, -0.2) is 22.6 Å². The predicted molar refractivity (Wildman–Crippen MR) is 85.4 cm³/mol. The van der Waals surface area contributed by atoms with Crippen molar-refractivity contribution < 1.29 is 0 Å². The Hall–Kier alpha value is -1.46. The van der Waals surface area contributed by atoms with Crippen LogP contribution in [0.2, 0.25) is 0 Å². The topological polar surface area (TPSA) is 46.9 Å². The van der Waals surface area contributed by atoms with Crippen molar-refractivity contribution in [3.8, 4) is 11.1 Å². The molecule has 1 N–H and O–H groups in total. The number of nitrogens with zero attached hydrogens (tertiary/aromatic N) is 2. The third-order valence-corrected chi connectivity index (χ3v) is 5.16. The summed E-state index contributed by atoms with van der Waals surface area (Å²) in [5.74, 6) is 0.993. The Kier molecular flexibility index (Phi) is 3.19. The fraction of sp³-hybridized carbons (Fsp3) is 0.375. The average molecular weight is 346 g/mol. The largest absolute Gasteiger partial charge is 0.316 e. The number of fused-ring (bicyclic) bond motifs is 4. The van der Waals surface area contributed by atoms with Gasteiger partial charge in [0.05, 0.1) is 0 Å². The molecule has 108 valence electrons. The lowest BCUT2D eigenvalue weighted by molar-refractivity contribution is 0.256. The number of hydrogen-bond acceptors (Lipinski definition) is 3. The van der Waals surface area contributed by atoms with Crippen LogP contribution in [0.4, 0.5) is 0 Å². The second-order valence-corrected chi connectivity index (χ2v) is 6.76. The van der Waals surface area contributed by atoms with Gasteiger partial charge >= 0.3 is 0 Å². The van der Waals surface area contributed by atoms with Gasteiger partial charge in [-0.3, -0.25) is 9.78 Å². The third-order valence-electron chi connectivity index (χ3n) is 4.52. The maximum atomic E-state index is 12.9. The Labute approximate surface area is 131 Å². The molecule has 4 rings (SSSR count). The van der Waals surface area contributed by atoms with Crippen molar-refractivity contribution in [1.29, 1.82) is 0 Å². The average Bonchev–Trinajstić information content (AvgIpc) is 2.51. The molecule has 2 aromatic rings. The summed E-state index contributed by atoms with van der Waals surface area (Å²) >= 11 is 3.68. The van der Waals surface area contributed by atoms with E-state index in [1.165, 1.54) is 6.42 Å². The van der Waals surface area contributed by atoms with E-state index in [0.29, 0.717) is 11.8 Å². The van der Waals surface area contributed by atoms with Crippen LogP contribution in [0.1, 0.15) is 18.0 Å². The van der Waals surface area contributed by atoms with Gasteiger partial charge in [-0.15, -0.1) is 0 Å². The van der Waals surface area contributed by atoms with Crippen LogP contribution in [0.3, 0.4) is 0 Å². The Morgan fingerprint density at radius 1 is 1.38 bits per heavy atom. The molecule has 0 saturated carbocycles. The van der Waals surface area contributed by atoms with Gasteiger partial charge in [0.2, 0.25) is 0 Å². The Morgan fingerprint density at radius 3 is 3.10 bits per heavy atom. The van der Waals surface area contributed by atoms with Crippen LogP contribution in [0.25, 0.3) is 11.1 Å². The summed E-state index contributed by atoms with van der Waals surface area (Å²) in [6.07, 6.45) is 4.66. The summed E-state index contributed by atoms with van der Waals surface area (Å²) in [4.78, 5) is 17.0. The number of piperidine rings is 1. The molecule has 0 aliphatic carbocycles. The molecule has 2 atom stereocenters. The Balaban J connectivity index is 1.92. The number of nitrogens with one attached hydrogen (secondary N) is 1. The maximum absolute atomic E-state index is 12.9. The highest BCUT2D eigenvalue weighted by Gasteiger charge is 2.33.